The molecule has 5 nitrogen and oxygen atoms in total. The van der Waals surface area contributed by atoms with E-state index in [1.54, 1.807) is 26.4 Å². The van der Waals surface area contributed by atoms with Crippen molar-refractivity contribution in [1.29, 1.82) is 0 Å². The Hall–Kier alpha value is -3.18. The Morgan fingerprint density at radius 2 is 1.72 bits per heavy atom. The quantitative estimate of drug-likeness (QED) is 0.549. The van der Waals surface area contributed by atoms with Gasteiger partial charge in [-0.1, -0.05) is 24.3 Å². The van der Waals surface area contributed by atoms with Crippen LogP contribution in [0, 0.1) is 0 Å². The lowest BCUT2D eigenvalue weighted by atomic mass is 10.0. The first kappa shape index (κ1) is 22.0. The normalized spacial score (nSPS) is 14.7. The molecule has 0 fully saturated rings. The van der Waals surface area contributed by atoms with Crippen LogP contribution in [-0.2, 0) is 13.0 Å². The van der Waals surface area contributed by atoms with Crippen LogP contribution >= 0.6 is 0 Å². The number of rotatable bonds is 7. The van der Waals surface area contributed by atoms with Gasteiger partial charge >= 0.3 is 0 Å². The summed E-state index contributed by atoms with van der Waals surface area (Å²) in [5.74, 6) is 2.77. The Morgan fingerprint density at radius 3 is 2.41 bits per heavy atom. The van der Waals surface area contributed by atoms with E-state index in [0.29, 0.717) is 18.4 Å². The van der Waals surface area contributed by atoms with Gasteiger partial charge in [0.05, 0.1) is 14.2 Å². The highest BCUT2D eigenvalue weighted by Crippen LogP contribution is 2.39. The van der Waals surface area contributed by atoms with E-state index in [9.17, 15) is 5.11 Å². The number of fused-ring (bicyclic) bond motifs is 1. The summed E-state index contributed by atoms with van der Waals surface area (Å²) in [6.07, 6.45) is 2.01. The van der Waals surface area contributed by atoms with Crippen molar-refractivity contribution in [3.8, 4) is 34.1 Å². The summed E-state index contributed by atoms with van der Waals surface area (Å²) in [5.41, 5.74) is 4.60. The Labute approximate surface area is 190 Å². The van der Waals surface area contributed by atoms with Crippen molar-refractivity contribution < 1.29 is 19.3 Å². The van der Waals surface area contributed by atoms with Crippen molar-refractivity contribution in [2.24, 2.45) is 0 Å². The molecule has 0 saturated carbocycles. The number of aryl methyl sites for hydroxylation is 1. The molecule has 0 aromatic heterocycles. The molecule has 0 spiro atoms. The van der Waals surface area contributed by atoms with E-state index in [0.717, 1.165) is 59.9 Å². The molecule has 32 heavy (non-hydrogen) atoms. The van der Waals surface area contributed by atoms with Gasteiger partial charge in [-0.05, 0) is 72.9 Å². The lowest BCUT2D eigenvalue weighted by molar-refractivity contribution is 0.171. The molecule has 0 radical (unpaired) electrons. The maximum absolute atomic E-state index is 9.50. The van der Waals surface area contributed by atoms with E-state index < -0.39 is 0 Å². The van der Waals surface area contributed by atoms with Crippen molar-refractivity contribution in [2.45, 2.75) is 32.4 Å². The average Bonchev–Trinajstić information content (AvgIpc) is 3.05. The summed E-state index contributed by atoms with van der Waals surface area (Å²) in [7, 11) is 3.37. The summed E-state index contributed by atoms with van der Waals surface area (Å²) >= 11 is 0. The van der Waals surface area contributed by atoms with E-state index in [4.69, 9.17) is 14.2 Å². The molecule has 0 amide bonds. The average molecular weight is 434 g/mol. The number of ether oxygens (including phenoxy) is 3. The van der Waals surface area contributed by atoms with Crippen LogP contribution in [0.3, 0.4) is 0 Å². The Morgan fingerprint density at radius 1 is 0.969 bits per heavy atom. The molecular formula is C27H31NO4. The zero-order valence-electron chi connectivity index (χ0n) is 19.0. The number of aromatic hydroxyl groups is 1. The van der Waals surface area contributed by atoms with Gasteiger partial charge in [0.1, 0.15) is 18.1 Å². The van der Waals surface area contributed by atoms with Gasteiger partial charge < -0.3 is 19.3 Å². The highest BCUT2D eigenvalue weighted by molar-refractivity contribution is 5.70. The zero-order chi connectivity index (χ0) is 22.5. The molecule has 1 aliphatic rings. The molecular weight excluding hydrogens is 402 g/mol. The van der Waals surface area contributed by atoms with E-state index >= 15 is 0 Å². The third-order valence-electron chi connectivity index (χ3n) is 6.18. The topological polar surface area (TPSA) is 51.2 Å². The monoisotopic (exact) mass is 433 g/mol. The molecule has 3 aromatic rings. The molecule has 0 bridgehead atoms. The van der Waals surface area contributed by atoms with Crippen LogP contribution in [0.4, 0.5) is 0 Å². The van der Waals surface area contributed by atoms with Crippen molar-refractivity contribution in [2.75, 3.05) is 27.4 Å². The number of methoxy groups -OCH3 is 2. The summed E-state index contributed by atoms with van der Waals surface area (Å²) in [6.45, 7) is 4.59. The van der Waals surface area contributed by atoms with Gasteiger partial charge in [-0.2, -0.15) is 0 Å². The van der Waals surface area contributed by atoms with Gasteiger partial charge in [-0.3, -0.25) is 4.90 Å². The number of hydrogen-bond acceptors (Lipinski definition) is 5. The maximum Gasteiger partial charge on any atom is 0.165 e. The van der Waals surface area contributed by atoms with E-state index in [-0.39, 0.29) is 0 Å². The number of nitrogens with zero attached hydrogens (tertiary/aromatic N) is 1. The Balaban J connectivity index is 1.54. The van der Waals surface area contributed by atoms with Crippen molar-refractivity contribution in [1.82, 2.24) is 4.90 Å². The third-order valence-corrected chi connectivity index (χ3v) is 6.18. The first-order valence-corrected chi connectivity index (χ1v) is 11.1. The minimum absolute atomic E-state index is 0.310. The largest absolute Gasteiger partial charge is 0.508 e. The second-order valence-electron chi connectivity index (χ2n) is 8.27. The second-order valence-corrected chi connectivity index (χ2v) is 8.27. The van der Waals surface area contributed by atoms with Crippen LogP contribution in [-0.4, -0.2) is 43.4 Å². The molecule has 168 valence electrons. The van der Waals surface area contributed by atoms with E-state index in [1.807, 2.05) is 30.3 Å². The van der Waals surface area contributed by atoms with Gasteiger partial charge in [-0.25, -0.2) is 0 Å². The summed E-state index contributed by atoms with van der Waals surface area (Å²) in [5, 5.41) is 9.50. The Bertz CT molecular complexity index is 1030. The number of phenolic OH excluding ortho intramolecular Hbond substituents is 1. The molecule has 0 saturated heterocycles. The van der Waals surface area contributed by atoms with Crippen molar-refractivity contribution in [3.63, 3.8) is 0 Å². The first-order valence-electron chi connectivity index (χ1n) is 11.1. The maximum atomic E-state index is 9.50. The SMILES string of the molecule is COc1ccc(-c2cc3c(c(OC)c2)OCCN(C(C)CCc2ccc(O)cc2)C3)cc1. The molecule has 0 aliphatic carbocycles. The molecule has 1 heterocycles. The number of hydrogen-bond donors (Lipinski definition) is 1. The molecule has 1 atom stereocenters. The fourth-order valence-corrected chi connectivity index (χ4v) is 4.20. The summed E-state index contributed by atoms with van der Waals surface area (Å²) < 4.78 is 17.1. The summed E-state index contributed by atoms with van der Waals surface area (Å²) in [6, 6.07) is 20.2. The number of benzene rings is 3. The highest BCUT2D eigenvalue weighted by atomic mass is 16.5. The summed E-state index contributed by atoms with van der Waals surface area (Å²) in [4.78, 5) is 2.48. The molecule has 5 heteroatoms. The fraction of sp³-hybridized carbons (Fsp3) is 0.333. The lowest BCUT2D eigenvalue weighted by Crippen LogP contribution is -2.34. The number of phenols is 1. The predicted octanol–water partition coefficient (Wildman–Crippen LogP) is 5.29. The fourth-order valence-electron chi connectivity index (χ4n) is 4.20. The van der Waals surface area contributed by atoms with Crippen LogP contribution in [0.15, 0.2) is 60.7 Å². The van der Waals surface area contributed by atoms with Gasteiger partial charge in [0, 0.05) is 24.7 Å². The minimum atomic E-state index is 0.310. The molecule has 3 aromatic carbocycles. The first-order chi connectivity index (χ1) is 15.6. The molecule has 1 unspecified atom stereocenters. The van der Waals surface area contributed by atoms with Gasteiger partial charge in [0.25, 0.3) is 0 Å². The van der Waals surface area contributed by atoms with Gasteiger partial charge in [0.15, 0.2) is 11.5 Å². The molecule has 1 aliphatic heterocycles. The smallest absolute Gasteiger partial charge is 0.165 e. The minimum Gasteiger partial charge on any atom is -0.508 e. The van der Waals surface area contributed by atoms with Gasteiger partial charge in [-0.15, -0.1) is 0 Å². The van der Waals surface area contributed by atoms with Crippen molar-refractivity contribution in [3.05, 3.63) is 71.8 Å². The molecule has 4 rings (SSSR count). The van der Waals surface area contributed by atoms with Gasteiger partial charge in [0.2, 0.25) is 0 Å². The molecule has 1 N–H and O–H groups in total. The van der Waals surface area contributed by atoms with Crippen molar-refractivity contribution >= 4 is 0 Å². The van der Waals surface area contributed by atoms with Crippen LogP contribution in [0.2, 0.25) is 0 Å². The highest BCUT2D eigenvalue weighted by Gasteiger charge is 2.23. The van der Waals surface area contributed by atoms with Crippen LogP contribution < -0.4 is 14.2 Å². The van der Waals surface area contributed by atoms with E-state index in [2.05, 4.69) is 30.0 Å². The standard InChI is InChI=1S/C27H31NO4/c1-19(4-5-20-6-10-24(29)11-7-20)28-14-15-32-27-23(18-28)16-22(17-26(27)31-3)21-8-12-25(30-2)13-9-21/h6-13,16-17,19,29H,4-5,14-15,18H2,1-3H3. The van der Waals surface area contributed by atoms with Crippen LogP contribution in [0.1, 0.15) is 24.5 Å². The Kier molecular flexibility index (Phi) is 6.86. The van der Waals surface area contributed by atoms with E-state index in [1.165, 1.54) is 5.56 Å². The zero-order valence-corrected chi connectivity index (χ0v) is 19.0. The van der Waals surface area contributed by atoms with Crippen LogP contribution in [0.25, 0.3) is 11.1 Å². The van der Waals surface area contributed by atoms with Crippen LogP contribution in [0.5, 0.6) is 23.0 Å². The third kappa shape index (κ3) is 5.00. The predicted molar refractivity (Wildman–Crippen MR) is 127 cm³/mol. The lowest BCUT2D eigenvalue weighted by Gasteiger charge is -2.27. The second kappa shape index (κ2) is 9.96.